The fourth-order valence-electron chi connectivity index (χ4n) is 1.72. The maximum Gasteiger partial charge on any atom is 0.272 e. The van der Waals surface area contributed by atoms with Crippen molar-refractivity contribution in [3.05, 3.63) is 30.0 Å². The molecule has 0 aliphatic carbocycles. The van der Waals surface area contributed by atoms with Crippen molar-refractivity contribution in [2.45, 2.75) is 13.0 Å². The topological polar surface area (TPSA) is 67.2 Å². The summed E-state index contributed by atoms with van der Waals surface area (Å²) in [4.78, 5) is 11.9. The third kappa shape index (κ3) is 2.14. The van der Waals surface area contributed by atoms with Gasteiger partial charge in [0.05, 0.1) is 12.1 Å². The molecule has 1 unspecified atom stereocenters. The number of amides is 1. The molecule has 90 valence electrons. The van der Waals surface area contributed by atoms with Crippen molar-refractivity contribution >= 4 is 16.8 Å². The number of nitrogens with zero attached hydrogens (tertiary/aromatic N) is 2. The van der Waals surface area contributed by atoms with E-state index in [0.29, 0.717) is 5.69 Å². The molecule has 0 aliphatic rings. The largest absolute Gasteiger partial charge is 0.394 e. The summed E-state index contributed by atoms with van der Waals surface area (Å²) < 4.78 is 1.67. The van der Waals surface area contributed by atoms with E-state index in [1.165, 1.54) is 0 Å². The molecule has 1 aromatic carbocycles. The summed E-state index contributed by atoms with van der Waals surface area (Å²) in [6.45, 7) is 1.65. The van der Waals surface area contributed by atoms with Crippen molar-refractivity contribution in [3.8, 4) is 0 Å². The number of carbonyl (C=O) groups is 1. The number of nitrogens with one attached hydrogen (secondary N) is 1. The van der Waals surface area contributed by atoms with Crippen molar-refractivity contribution in [2.24, 2.45) is 7.05 Å². The highest BCUT2D eigenvalue weighted by atomic mass is 16.3. The van der Waals surface area contributed by atoms with Crippen molar-refractivity contribution in [1.82, 2.24) is 15.1 Å². The van der Waals surface area contributed by atoms with Gasteiger partial charge < -0.3 is 10.4 Å². The number of aliphatic hydroxyl groups is 1. The average molecular weight is 233 g/mol. The molecule has 0 spiro atoms. The molecule has 17 heavy (non-hydrogen) atoms. The fraction of sp³-hybridized carbons (Fsp3) is 0.333. The molecule has 0 saturated carbocycles. The summed E-state index contributed by atoms with van der Waals surface area (Å²) in [7, 11) is 1.80. The van der Waals surface area contributed by atoms with Gasteiger partial charge in [-0.2, -0.15) is 5.10 Å². The van der Waals surface area contributed by atoms with Crippen LogP contribution in [0.25, 0.3) is 10.9 Å². The number of rotatable bonds is 3. The molecular weight excluding hydrogens is 218 g/mol. The molecule has 2 rings (SSSR count). The molecule has 2 aromatic rings. The highest BCUT2D eigenvalue weighted by molar-refractivity contribution is 6.04. The van der Waals surface area contributed by atoms with E-state index in [1.807, 2.05) is 24.3 Å². The monoisotopic (exact) mass is 233 g/mol. The molecule has 1 aromatic heterocycles. The van der Waals surface area contributed by atoms with Gasteiger partial charge in [0.25, 0.3) is 5.91 Å². The first-order valence-corrected chi connectivity index (χ1v) is 5.47. The normalized spacial score (nSPS) is 12.6. The number of aliphatic hydroxyl groups excluding tert-OH is 1. The molecule has 0 bridgehead atoms. The lowest BCUT2D eigenvalue weighted by atomic mass is 10.2. The Labute approximate surface area is 99.1 Å². The first kappa shape index (κ1) is 11.6. The zero-order chi connectivity index (χ0) is 12.4. The van der Waals surface area contributed by atoms with Gasteiger partial charge >= 0.3 is 0 Å². The highest BCUT2D eigenvalue weighted by Crippen LogP contribution is 2.17. The van der Waals surface area contributed by atoms with Gasteiger partial charge in [0.1, 0.15) is 0 Å². The summed E-state index contributed by atoms with van der Waals surface area (Å²) in [5.41, 5.74) is 1.30. The fourth-order valence-corrected chi connectivity index (χ4v) is 1.72. The van der Waals surface area contributed by atoms with Gasteiger partial charge in [-0.15, -0.1) is 0 Å². The maximum absolute atomic E-state index is 11.9. The van der Waals surface area contributed by atoms with E-state index in [0.717, 1.165) is 10.9 Å². The minimum Gasteiger partial charge on any atom is -0.394 e. The smallest absolute Gasteiger partial charge is 0.272 e. The zero-order valence-electron chi connectivity index (χ0n) is 9.84. The summed E-state index contributed by atoms with van der Waals surface area (Å²) in [5, 5.41) is 16.6. The number of aryl methyl sites for hydroxylation is 1. The lowest BCUT2D eigenvalue weighted by Gasteiger charge is -2.08. The third-order valence-corrected chi connectivity index (χ3v) is 2.62. The Morgan fingerprint density at radius 1 is 1.53 bits per heavy atom. The van der Waals surface area contributed by atoms with Crippen LogP contribution in [0.4, 0.5) is 0 Å². The molecule has 1 amide bonds. The Morgan fingerprint density at radius 2 is 2.24 bits per heavy atom. The second-order valence-electron chi connectivity index (χ2n) is 4.05. The summed E-state index contributed by atoms with van der Waals surface area (Å²) in [6, 6.07) is 7.27. The van der Waals surface area contributed by atoms with E-state index in [9.17, 15) is 4.79 Å². The van der Waals surface area contributed by atoms with Crippen molar-refractivity contribution in [3.63, 3.8) is 0 Å². The Kier molecular flexibility index (Phi) is 3.10. The van der Waals surface area contributed by atoms with Crippen LogP contribution in [-0.2, 0) is 7.05 Å². The molecule has 0 aliphatic heterocycles. The molecule has 2 N–H and O–H groups in total. The van der Waals surface area contributed by atoms with Crippen LogP contribution in [0.2, 0.25) is 0 Å². The van der Waals surface area contributed by atoms with Gasteiger partial charge in [-0.3, -0.25) is 9.48 Å². The molecule has 0 saturated heterocycles. The Hall–Kier alpha value is -1.88. The zero-order valence-corrected chi connectivity index (χ0v) is 9.84. The first-order chi connectivity index (χ1) is 8.13. The van der Waals surface area contributed by atoms with Crippen molar-refractivity contribution in [2.75, 3.05) is 6.61 Å². The number of carbonyl (C=O) groups excluding carboxylic acids is 1. The van der Waals surface area contributed by atoms with Crippen LogP contribution in [0, 0.1) is 0 Å². The number of hydrogen-bond acceptors (Lipinski definition) is 3. The Balaban J connectivity index is 2.39. The van der Waals surface area contributed by atoms with Crippen LogP contribution >= 0.6 is 0 Å². The molecule has 0 radical (unpaired) electrons. The highest BCUT2D eigenvalue weighted by Gasteiger charge is 2.16. The molecule has 5 heteroatoms. The lowest BCUT2D eigenvalue weighted by Crippen LogP contribution is -2.35. The molecule has 1 atom stereocenters. The second kappa shape index (κ2) is 4.55. The van der Waals surface area contributed by atoms with Gasteiger partial charge in [-0.1, -0.05) is 18.2 Å². The average Bonchev–Trinajstić information content (AvgIpc) is 2.67. The Morgan fingerprint density at radius 3 is 2.94 bits per heavy atom. The first-order valence-electron chi connectivity index (χ1n) is 5.47. The van der Waals surface area contributed by atoms with E-state index in [2.05, 4.69) is 10.4 Å². The number of hydrogen-bond donors (Lipinski definition) is 2. The molecule has 1 heterocycles. The number of benzene rings is 1. The van der Waals surface area contributed by atoms with Crippen LogP contribution in [-0.4, -0.2) is 33.4 Å². The third-order valence-electron chi connectivity index (χ3n) is 2.62. The second-order valence-corrected chi connectivity index (χ2v) is 4.05. The predicted molar refractivity (Wildman–Crippen MR) is 64.7 cm³/mol. The van der Waals surface area contributed by atoms with Gasteiger partial charge in [-0.25, -0.2) is 0 Å². The quantitative estimate of drug-likeness (QED) is 0.819. The minimum atomic E-state index is -0.275. The van der Waals surface area contributed by atoms with E-state index in [-0.39, 0.29) is 18.6 Å². The maximum atomic E-state index is 11.9. The lowest BCUT2D eigenvalue weighted by molar-refractivity contribution is 0.0918. The molecule has 0 fully saturated rings. The summed E-state index contributed by atoms with van der Waals surface area (Å²) in [5.74, 6) is -0.261. The molecular formula is C12H15N3O2. The van der Waals surface area contributed by atoms with Crippen molar-refractivity contribution in [1.29, 1.82) is 0 Å². The van der Waals surface area contributed by atoms with Gasteiger partial charge in [0.15, 0.2) is 5.69 Å². The number of aromatic nitrogens is 2. The minimum absolute atomic E-state index is 0.0868. The molecule has 5 nitrogen and oxygen atoms in total. The van der Waals surface area contributed by atoms with Gasteiger partial charge in [-0.05, 0) is 13.0 Å². The standard InChI is InChI=1S/C12H15N3O2/c1-8(7-16)13-12(17)11-9-5-3-4-6-10(9)15(2)14-11/h3-6,8,16H,7H2,1-2H3,(H,13,17). The van der Waals surface area contributed by atoms with E-state index >= 15 is 0 Å². The van der Waals surface area contributed by atoms with Crippen LogP contribution in [0.15, 0.2) is 24.3 Å². The van der Waals surface area contributed by atoms with Crippen LogP contribution < -0.4 is 5.32 Å². The van der Waals surface area contributed by atoms with E-state index in [1.54, 1.807) is 18.7 Å². The number of para-hydroxylation sites is 1. The summed E-state index contributed by atoms with van der Waals surface area (Å²) in [6.07, 6.45) is 0. The van der Waals surface area contributed by atoms with Crippen molar-refractivity contribution < 1.29 is 9.90 Å². The van der Waals surface area contributed by atoms with Crippen LogP contribution in [0.3, 0.4) is 0 Å². The van der Waals surface area contributed by atoms with Crippen LogP contribution in [0.5, 0.6) is 0 Å². The van der Waals surface area contributed by atoms with E-state index < -0.39 is 0 Å². The van der Waals surface area contributed by atoms with Gasteiger partial charge in [0, 0.05) is 18.5 Å². The van der Waals surface area contributed by atoms with Gasteiger partial charge in [0.2, 0.25) is 0 Å². The van der Waals surface area contributed by atoms with E-state index in [4.69, 9.17) is 5.11 Å². The summed E-state index contributed by atoms with van der Waals surface area (Å²) >= 11 is 0. The SMILES string of the molecule is CC(CO)NC(=O)c1nn(C)c2ccccc12. The number of fused-ring (bicyclic) bond motifs is 1. The predicted octanol–water partition coefficient (Wildman–Crippen LogP) is 0.684. The Bertz CT molecular complexity index is 548. The van der Waals surface area contributed by atoms with Crippen LogP contribution in [0.1, 0.15) is 17.4 Å².